The molecule has 96 valence electrons. The molecule has 2 rings (SSSR count). The third-order valence-corrected chi connectivity index (χ3v) is 4.92. The molecule has 2 heterocycles. The van der Waals surface area contributed by atoms with E-state index in [-0.39, 0.29) is 18.3 Å². The Balaban J connectivity index is 0.00000144. The zero-order valence-electron chi connectivity index (χ0n) is 10.1. The van der Waals surface area contributed by atoms with Crippen molar-refractivity contribution >= 4 is 29.0 Å². The molecule has 0 aromatic carbocycles. The van der Waals surface area contributed by atoms with E-state index in [2.05, 4.69) is 18.4 Å². The van der Waals surface area contributed by atoms with Gasteiger partial charge in [-0.3, -0.25) is 4.79 Å². The molecule has 1 aromatic heterocycles. The lowest BCUT2D eigenvalue weighted by Gasteiger charge is -2.25. The topological polar surface area (TPSA) is 24.2 Å². The first-order valence-electron chi connectivity index (χ1n) is 5.48. The van der Waals surface area contributed by atoms with Crippen LogP contribution in [0.5, 0.6) is 0 Å². The van der Waals surface area contributed by atoms with Gasteiger partial charge in [0.15, 0.2) is 5.69 Å². The van der Waals surface area contributed by atoms with E-state index >= 15 is 0 Å². The van der Waals surface area contributed by atoms with Crippen LogP contribution in [0.25, 0.3) is 0 Å². The van der Waals surface area contributed by atoms with Gasteiger partial charge < -0.3 is 17.3 Å². The zero-order valence-corrected chi connectivity index (χ0v) is 12.5. The van der Waals surface area contributed by atoms with Gasteiger partial charge in [-0.15, -0.1) is 0 Å². The Kier molecular flexibility index (Phi) is 5.76. The summed E-state index contributed by atoms with van der Waals surface area (Å²) >= 11 is 3.64. The van der Waals surface area contributed by atoms with Gasteiger partial charge in [0, 0.05) is 31.5 Å². The van der Waals surface area contributed by atoms with Crippen LogP contribution < -0.4 is 17.0 Å². The van der Waals surface area contributed by atoms with Crippen LogP contribution >= 0.6 is 23.1 Å². The average Bonchev–Trinajstić information content (AvgIpc) is 2.62. The maximum atomic E-state index is 12.0. The SMILES string of the molecule is Cc1sc[n+](CC(=O)N2CCSCC2)c1C.[Cl-]. The molecule has 1 fully saturated rings. The number of aryl methyl sites for hydroxylation is 1. The van der Waals surface area contributed by atoms with Gasteiger partial charge >= 0.3 is 0 Å². The van der Waals surface area contributed by atoms with Crippen LogP contribution in [0.3, 0.4) is 0 Å². The number of amides is 1. The molecular weight excluding hydrogens is 276 g/mol. The van der Waals surface area contributed by atoms with Crippen molar-refractivity contribution in [2.75, 3.05) is 24.6 Å². The Morgan fingerprint density at radius 3 is 2.59 bits per heavy atom. The predicted molar refractivity (Wildman–Crippen MR) is 67.9 cm³/mol. The summed E-state index contributed by atoms with van der Waals surface area (Å²) in [5, 5.41) is 0. The first-order chi connectivity index (χ1) is 7.68. The minimum atomic E-state index is 0. The Labute approximate surface area is 117 Å². The molecule has 1 amide bonds. The smallest absolute Gasteiger partial charge is 0.288 e. The highest BCUT2D eigenvalue weighted by Gasteiger charge is 2.22. The largest absolute Gasteiger partial charge is 1.00 e. The number of halogens is 1. The van der Waals surface area contributed by atoms with E-state index < -0.39 is 0 Å². The van der Waals surface area contributed by atoms with E-state index in [1.807, 2.05) is 22.2 Å². The first kappa shape index (κ1) is 14.8. The van der Waals surface area contributed by atoms with Gasteiger partial charge in [-0.05, 0) is 6.92 Å². The second-order valence-electron chi connectivity index (χ2n) is 3.99. The maximum absolute atomic E-state index is 12.0. The highest BCUT2D eigenvalue weighted by molar-refractivity contribution is 7.99. The fourth-order valence-corrected chi connectivity index (χ4v) is 3.43. The predicted octanol–water partition coefficient (Wildman–Crippen LogP) is -1.77. The molecule has 6 heteroatoms. The molecule has 0 saturated carbocycles. The molecule has 0 unspecified atom stereocenters. The van der Waals surface area contributed by atoms with E-state index in [4.69, 9.17) is 0 Å². The van der Waals surface area contributed by atoms with Crippen LogP contribution in [0, 0.1) is 13.8 Å². The van der Waals surface area contributed by atoms with Crippen molar-refractivity contribution < 1.29 is 21.8 Å². The van der Waals surface area contributed by atoms with Gasteiger partial charge in [-0.2, -0.15) is 16.3 Å². The molecule has 1 aliphatic heterocycles. The van der Waals surface area contributed by atoms with E-state index in [0.29, 0.717) is 6.54 Å². The van der Waals surface area contributed by atoms with Crippen molar-refractivity contribution in [3.05, 3.63) is 16.1 Å². The molecule has 1 saturated heterocycles. The van der Waals surface area contributed by atoms with Crippen molar-refractivity contribution in [3.63, 3.8) is 0 Å². The molecule has 3 nitrogen and oxygen atoms in total. The van der Waals surface area contributed by atoms with E-state index in [9.17, 15) is 4.79 Å². The minimum absolute atomic E-state index is 0. The lowest BCUT2D eigenvalue weighted by Crippen LogP contribution is -3.00. The lowest BCUT2D eigenvalue weighted by atomic mass is 10.4. The summed E-state index contributed by atoms with van der Waals surface area (Å²) in [6, 6.07) is 0. The highest BCUT2D eigenvalue weighted by atomic mass is 35.5. The molecule has 0 aliphatic carbocycles. The second kappa shape index (κ2) is 6.61. The molecule has 0 bridgehead atoms. The summed E-state index contributed by atoms with van der Waals surface area (Å²) in [5.74, 6) is 2.42. The summed E-state index contributed by atoms with van der Waals surface area (Å²) in [6.07, 6.45) is 0. The standard InChI is InChI=1S/C11H17N2OS2.ClH/c1-9-10(2)16-8-13(9)7-11(14)12-3-5-15-6-4-12;/h8H,3-7H2,1-2H3;1H/q+1;/p-1. The number of nitrogens with zero attached hydrogens (tertiary/aromatic N) is 2. The van der Waals surface area contributed by atoms with Crippen LogP contribution in [0.15, 0.2) is 5.51 Å². The minimum Gasteiger partial charge on any atom is -1.00 e. The van der Waals surface area contributed by atoms with Crippen LogP contribution in [-0.4, -0.2) is 35.4 Å². The zero-order chi connectivity index (χ0) is 11.5. The molecule has 1 aromatic rings. The number of carbonyl (C=O) groups is 1. The third-order valence-electron chi connectivity index (χ3n) is 2.97. The van der Waals surface area contributed by atoms with Gasteiger partial charge in [0.1, 0.15) is 0 Å². The maximum Gasteiger partial charge on any atom is 0.288 e. The molecule has 0 N–H and O–H groups in total. The van der Waals surface area contributed by atoms with E-state index in [1.165, 1.54) is 10.6 Å². The molecule has 0 radical (unpaired) electrons. The van der Waals surface area contributed by atoms with Crippen molar-refractivity contribution in [1.82, 2.24) is 4.90 Å². The Morgan fingerprint density at radius 2 is 2.06 bits per heavy atom. The number of hydrogen-bond donors (Lipinski definition) is 0. The van der Waals surface area contributed by atoms with E-state index in [1.54, 1.807) is 11.3 Å². The Bertz CT molecular complexity index is 389. The Hall–Kier alpha value is -0.260. The van der Waals surface area contributed by atoms with Gasteiger partial charge in [0.05, 0.1) is 4.88 Å². The molecule has 17 heavy (non-hydrogen) atoms. The number of rotatable bonds is 2. The van der Waals surface area contributed by atoms with Crippen LogP contribution in [0.2, 0.25) is 0 Å². The number of thiazole rings is 1. The average molecular weight is 293 g/mol. The number of hydrogen-bond acceptors (Lipinski definition) is 3. The van der Waals surface area contributed by atoms with Crippen molar-refractivity contribution in [1.29, 1.82) is 0 Å². The number of aromatic nitrogens is 1. The lowest BCUT2D eigenvalue weighted by molar-refractivity contribution is -0.686. The third kappa shape index (κ3) is 3.60. The summed E-state index contributed by atoms with van der Waals surface area (Å²) in [6.45, 7) is 6.49. The van der Waals surface area contributed by atoms with Crippen LogP contribution in [-0.2, 0) is 11.3 Å². The van der Waals surface area contributed by atoms with Crippen LogP contribution in [0.1, 0.15) is 10.6 Å². The second-order valence-corrected chi connectivity index (χ2v) is 6.27. The molecule has 0 atom stereocenters. The summed E-state index contributed by atoms with van der Waals surface area (Å²) in [7, 11) is 0. The summed E-state index contributed by atoms with van der Waals surface area (Å²) < 4.78 is 2.06. The van der Waals surface area contributed by atoms with Gasteiger partial charge in [0.2, 0.25) is 12.1 Å². The summed E-state index contributed by atoms with van der Waals surface area (Å²) in [4.78, 5) is 15.3. The molecule has 1 aliphatic rings. The molecule has 0 spiro atoms. The van der Waals surface area contributed by atoms with Gasteiger partial charge in [0.25, 0.3) is 5.91 Å². The van der Waals surface area contributed by atoms with Crippen molar-refractivity contribution in [2.45, 2.75) is 20.4 Å². The first-order valence-corrected chi connectivity index (χ1v) is 7.51. The van der Waals surface area contributed by atoms with E-state index in [0.717, 1.165) is 24.6 Å². The van der Waals surface area contributed by atoms with Crippen molar-refractivity contribution in [3.8, 4) is 0 Å². The van der Waals surface area contributed by atoms with Gasteiger partial charge in [-0.1, -0.05) is 11.3 Å². The molecular formula is C11H17ClN2OS2. The number of thioether (sulfide) groups is 1. The summed E-state index contributed by atoms with van der Waals surface area (Å²) in [5.41, 5.74) is 3.26. The fourth-order valence-electron chi connectivity index (χ4n) is 1.72. The number of carbonyl (C=O) groups excluding carboxylic acids is 1. The quantitative estimate of drug-likeness (QED) is 0.603. The van der Waals surface area contributed by atoms with Crippen molar-refractivity contribution in [2.24, 2.45) is 0 Å². The monoisotopic (exact) mass is 292 g/mol. The van der Waals surface area contributed by atoms with Gasteiger partial charge in [-0.25, -0.2) is 0 Å². The fraction of sp³-hybridized carbons (Fsp3) is 0.636. The Morgan fingerprint density at radius 1 is 1.41 bits per heavy atom. The van der Waals surface area contributed by atoms with Crippen LogP contribution in [0.4, 0.5) is 0 Å². The highest BCUT2D eigenvalue weighted by Crippen LogP contribution is 2.10. The normalized spacial score (nSPS) is 15.5.